The second kappa shape index (κ2) is 8.42. The number of hydrogen-bond acceptors (Lipinski definition) is 5. The highest BCUT2D eigenvalue weighted by molar-refractivity contribution is 7.84. The molecule has 3 aromatic rings. The third-order valence-corrected chi connectivity index (χ3v) is 5.61. The molecular weight excluding hydrogens is 380 g/mol. The first-order valence-electron chi connectivity index (χ1n) is 7.44. The van der Waals surface area contributed by atoms with E-state index < -0.39 is 10.8 Å². The van der Waals surface area contributed by atoms with Crippen LogP contribution in [0.5, 0.6) is 0 Å². The SMILES string of the molecule is O=C(CS(=O)Cc1csc(-c2ccco2)n1)NCc1cccc(Cl)c1. The Kier molecular flexibility index (Phi) is 6.01. The lowest BCUT2D eigenvalue weighted by Gasteiger charge is -2.05. The summed E-state index contributed by atoms with van der Waals surface area (Å²) in [5, 5.41) is 5.94. The van der Waals surface area contributed by atoms with E-state index in [2.05, 4.69) is 10.3 Å². The second-order valence-electron chi connectivity index (χ2n) is 5.26. The van der Waals surface area contributed by atoms with E-state index in [1.807, 2.05) is 23.6 Å². The molecule has 1 N–H and O–H groups in total. The molecule has 130 valence electrons. The third-order valence-electron chi connectivity index (χ3n) is 3.26. The van der Waals surface area contributed by atoms with Gasteiger partial charge in [-0.2, -0.15) is 0 Å². The molecule has 1 unspecified atom stereocenters. The van der Waals surface area contributed by atoms with Crippen LogP contribution >= 0.6 is 22.9 Å². The summed E-state index contributed by atoms with van der Waals surface area (Å²) >= 11 is 7.32. The van der Waals surface area contributed by atoms with E-state index in [9.17, 15) is 9.00 Å². The van der Waals surface area contributed by atoms with Gasteiger partial charge in [-0.1, -0.05) is 23.7 Å². The van der Waals surface area contributed by atoms with Crippen molar-refractivity contribution >= 4 is 39.6 Å². The molecule has 0 radical (unpaired) electrons. The average Bonchev–Trinajstić information content (AvgIpc) is 3.24. The minimum absolute atomic E-state index is 0.0613. The van der Waals surface area contributed by atoms with Crippen molar-refractivity contribution in [3.63, 3.8) is 0 Å². The minimum atomic E-state index is -1.32. The van der Waals surface area contributed by atoms with Gasteiger partial charge in [0.2, 0.25) is 5.91 Å². The molecule has 0 bridgehead atoms. The van der Waals surface area contributed by atoms with Gasteiger partial charge < -0.3 is 9.73 Å². The van der Waals surface area contributed by atoms with Gasteiger partial charge in [-0.3, -0.25) is 9.00 Å². The van der Waals surface area contributed by atoms with Crippen molar-refractivity contribution in [3.8, 4) is 10.8 Å². The highest BCUT2D eigenvalue weighted by Crippen LogP contribution is 2.24. The average molecular weight is 395 g/mol. The van der Waals surface area contributed by atoms with Crippen LogP contribution in [0.4, 0.5) is 0 Å². The maximum atomic E-state index is 12.2. The van der Waals surface area contributed by atoms with Gasteiger partial charge in [0, 0.05) is 27.7 Å². The molecule has 25 heavy (non-hydrogen) atoms. The molecule has 2 aromatic heterocycles. The van der Waals surface area contributed by atoms with Crippen LogP contribution in [0.2, 0.25) is 5.02 Å². The van der Waals surface area contributed by atoms with Gasteiger partial charge in [0.05, 0.1) is 17.7 Å². The van der Waals surface area contributed by atoms with Crippen molar-refractivity contribution < 1.29 is 13.4 Å². The molecule has 0 saturated heterocycles. The molecule has 1 atom stereocenters. The van der Waals surface area contributed by atoms with Gasteiger partial charge in [0.1, 0.15) is 5.75 Å². The smallest absolute Gasteiger partial charge is 0.232 e. The number of nitrogens with one attached hydrogen (secondary N) is 1. The maximum Gasteiger partial charge on any atom is 0.232 e. The Morgan fingerprint density at radius 2 is 2.20 bits per heavy atom. The number of thiazole rings is 1. The number of hydrogen-bond donors (Lipinski definition) is 1. The van der Waals surface area contributed by atoms with E-state index in [0.29, 0.717) is 23.0 Å². The summed E-state index contributed by atoms with van der Waals surface area (Å²) in [6.07, 6.45) is 1.58. The predicted molar refractivity (Wildman–Crippen MR) is 99.8 cm³/mol. The molecule has 0 aliphatic carbocycles. The van der Waals surface area contributed by atoms with Crippen molar-refractivity contribution in [1.29, 1.82) is 0 Å². The number of furan rings is 1. The van der Waals surface area contributed by atoms with Gasteiger partial charge in [0.25, 0.3) is 0 Å². The first-order valence-corrected chi connectivity index (χ1v) is 10.2. The van der Waals surface area contributed by atoms with Crippen molar-refractivity contribution in [2.45, 2.75) is 12.3 Å². The summed E-state index contributed by atoms with van der Waals surface area (Å²) in [6.45, 7) is 0.357. The number of benzene rings is 1. The number of nitrogens with zero attached hydrogens (tertiary/aromatic N) is 1. The van der Waals surface area contributed by atoms with E-state index in [0.717, 1.165) is 10.6 Å². The van der Waals surface area contributed by atoms with E-state index in [1.165, 1.54) is 11.3 Å². The van der Waals surface area contributed by atoms with E-state index >= 15 is 0 Å². The van der Waals surface area contributed by atoms with Gasteiger partial charge in [-0.05, 0) is 29.8 Å². The fraction of sp³-hybridized carbons (Fsp3) is 0.176. The molecule has 0 spiro atoms. The number of carbonyl (C=O) groups excluding carboxylic acids is 1. The van der Waals surface area contributed by atoms with Crippen LogP contribution in [0.15, 0.2) is 52.5 Å². The van der Waals surface area contributed by atoms with Crippen LogP contribution in [0, 0.1) is 0 Å². The van der Waals surface area contributed by atoms with Gasteiger partial charge in [-0.25, -0.2) is 4.98 Å². The molecule has 1 amide bonds. The standard InChI is InChI=1S/C17H15ClN2O3S2/c18-13-4-1-3-12(7-13)8-19-16(21)11-25(22)10-14-9-24-17(20-14)15-5-2-6-23-15/h1-7,9H,8,10-11H2,(H,19,21). The number of halogens is 1. The minimum Gasteiger partial charge on any atom is -0.462 e. The van der Waals surface area contributed by atoms with Crippen molar-refractivity contribution in [1.82, 2.24) is 10.3 Å². The zero-order valence-corrected chi connectivity index (χ0v) is 15.5. The van der Waals surface area contributed by atoms with Crippen molar-refractivity contribution in [3.05, 3.63) is 64.3 Å². The first-order chi connectivity index (χ1) is 12.1. The molecule has 0 fully saturated rings. The summed E-state index contributed by atoms with van der Waals surface area (Å²) in [5.41, 5.74) is 1.59. The van der Waals surface area contributed by atoms with Crippen LogP contribution in [-0.4, -0.2) is 20.9 Å². The molecule has 3 rings (SSSR count). The van der Waals surface area contributed by atoms with Crippen LogP contribution in [-0.2, 0) is 27.9 Å². The quantitative estimate of drug-likeness (QED) is 0.664. The van der Waals surface area contributed by atoms with E-state index in [4.69, 9.17) is 16.0 Å². The molecule has 0 aliphatic rings. The number of rotatable bonds is 7. The van der Waals surface area contributed by atoms with E-state index in [1.54, 1.807) is 24.5 Å². The Hall–Kier alpha value is -1.96. The summed E-state index contributed by atoms with van der Waals surface area (Å²) < 4.78 is 17.4. The second-order valence-corrected chi connectivity index (χ2v) is 8.01. The summed E-state index contributed by atoms with van der Waals surface area (Å²) in [5.74, 6) is 0.594. The van der Waals surface area contributed by atoms with Crippen LogP contribution in [0.3, 0.4) is 0 Å². The van der Waals surface area contributed by atoms with Crippen molar-refractivity contribution in [2.24, 2.45) is 0 Å². The summed E-state index contributed by atoms with van der Waals surface area (Å²) in [6, 6.07) is 10.9. The van der Waals surface area contributed by atoms with E-state index in [-0.39, 0.29) is 17.4 Å². The number of amides is 1. The number of aromatic nitrogens is 1. The normalized spacial score (nSPS) is 12.0. The lowest BCUT2D eigenvalue weighted by Crippen LogP contribution is -2.28. The zero-order valence-electron chi connectivity index (χ0n) is 13.1. The van der Waals surface area contributed by atoms with Crippen molar-refractivity contribution in [2.75, 3.05) is 5.75 Å². The third kappa shape index (κ3) is 5.26. The highest BCUT2D eigenvalue weighted by Gasteiger charge is 2.12. The largest absolute Gasteiger partial charge is 0.462 e. The topological polar surface area (TPSA) is 72.2 Å². The fourth-order valence-corrected chi connectivity index (χ4v) is 4.23. The number of carbonyl (C=O) groups is 1. The van der Waals surface area contributed by atoms with Crippen LogP contribution in [0.25, 0.3) is 10.8 Å². The Labute approximate surface area is 156 Å². The van der Waals surface area contributed by atoms with Gasteiger partial charge in [0.15, 0.2) is 10.8 Å². The predicted octanol–water partition coefficient (Wildman–Crippen LogP) is 3.62. The molecule has 8 heteroatoms. The maximum absolute atomic E-state index is 12.2. The van der Waals surface area contributed by atoms with Crippen LogP contribution in [0.1, 0.15) is 11.3 Å². The lowest BCUT2D eigenvalue weighted by molar-refractivity contribution is -0.118. The zero-order chi connectivity index (χ0) is 17.6. The molecule has 0 aliphatic heterocycles. The first kappa shape index (κ1) is 17.8. The molecule has 0 saturated carbocycles. The summed E-state index contributed by atoms with van der Waals surface area (Å²) in [7, 11) is -1.32. The molecule has 1 aromatic carbocycles. The molecule has 5 nitrogen and oxygen atoms in total. The fourth-order valence-electron chi connectivity index (χ4n) is 2.15. The Morgan fingerprint density at radius 1 is 1.32 bits per heavy atom. The Balaban J connectivity index is 1.48. The Bertz CT molecular complexity index is 878. The Morgan fingerprint density at radius 3 is 2.96 bits per heavy atom. The molecule has 2 heterocycles. The van der Waals surface area contributed by atoms with Crippen LogP contribution < -0.4 is 5.32 Å². The lowest BCUT2D eigenvalue weighted by atomic mass is 10.2. The van der Waals surface area contributed by atoms with Gasteiger partial charge >= 0.3 is 0 Å². The summed E-state index contributed by atoms with van der Waals surface area (Å²) in [4.78, 5) is 16.3. The monoisotopic (exact) mass is 394 g/mol. The highest BCUT2D eigenvalue weighted by atomic mass is 35.5. The van der Waals surface area contributed by atoms with Gasteiger partial charge in [-0.15, -0.1) is 11.3 Å². The molecular formula is C17H15ClN2O3S2.